The van der Waals surface area contributed by atoms with E-state index in [-0.39, 0.29) is 0 Å². The number of nitrogens with zero attached hydrogens (tertiary/aromatic N) is 1. The number of alkyl halides is 1. The number of rotatable bonds is 4. The van der Waals surface area contributed by atoms with E-state index in [0.717, 1.165) is 29.3 Å². The standard InChI is InChI=1S/C10H12BrNO/c11-6-9-10(2-1-5-12-9)13-7-8-3-4-8/h1-2,5,8H,3-4,6-7H2. The van der Waals surface area contributed by atoms with Gasteiger partial charge in [0.25, 0.3) is 0 Å². The molecule has 2 rings (SSSR count). The van der Waals surface area contributed by atoms with Crippen LogP contribution < -0.4 is 4.74 Å². The average molecular weight is 242 g/mol. The Morgan fingerprint density at radius 3 is 3.08 bits per heavy atom. The normalized spacial score (nSPS) is 15.8. The zero-order valence-corrected chi connectivity index (χ0v) is 8.96. The molecule has 0 atom stereocenters. The smallest absolute Gasteiger partial charge is 0.141 e. The summed E-state index contributed by atoms with van der Waals surface area (Å²) in [6.07, 6.45) is 4.44. The number of halogens is 1. The first-order valence-corrected chi connectivity index (χ1v) is 5.65. The van der Waals surface area contributed by atoms with Gasteiger partial charge in [-0.1, -0.05) is 15.9 Å². The summed E-state index contributed by atoms with van der Waals surface area (Å²) >= 11 is 3.39. The van der Waals surface area contributed by atoms with Crippen molar-refractivity contribution in [3.05, 3.63) is 24.0 Å². The van der Waals surface area contributed by atoms with Gasteiger partial charge in [-0.25, -0.2) is 0 Å². The van der Waals surface area contributed by atoms with Crippen LogP contribution in [-0.4, -0.2) is 11.6 Å². The van der Waals surface area contributed by atoms with Crippen molar-refractivity contribution in [1.82, 2.24) is 4.98 Å². The third-order valence-electron chi connectivity index (χ3n) is 2.15. The molecule has 70 valence electrons. The maximum atomic E-state index is 5.66. The van der Waals surface area contributed by atoms with E-state index in [0.29, 0.717) is 0 Å². The molecule has 1 heterocycles. The van der Waals surface area contributed by atoms with E-state index in [1.54, 1.807) is 6.20 Å². The van der Waals surface area contributed by atoms with E-state index < -0.39 is 0 Å². The van der Waals surface area contributed by atoms with Gasteiger partial charge in [0.05, 0.1) is 12.3 Å². The van der Waals surface area contributed by atoms with Crippen LogP contribution in [0, 0.1) is 5.92 Å². The Bertz CT molecular complexity index is 286. The molecule has 1 fully saturated rings. The van der Waals surface area contributed by atoms with E-state index in [4.69, 9.17) is 4.74 Å². The van der Waals surface area contributed by atoms with E-state index in [1.165, 1.54) is 12.8 Å². The number of ether oxygens (including phenoxy) is 1. The van der Waals surface area contributed by atoms with Crippen molar-refractivity contribution >= 4 is 15.9 Å². The molecule has 0 unspecified atom stereocenters. The molecule has 0 spiro atoms. The molecule has 3 heteroatoms. The highest BCUT2D eigenvalue weighted by atomic mass is 79.9. The summed E-state index contributed by atoms with van der Waals surface area (Å²) in [7, 11) is 0. The molecule has 1 saturated carbocycles. The molecule has 0 amide bonds. The Hall–Kier alpha value is -0.570. The number of pyridine rings is 1. The van der Waals surface area contributed by atoms with Crippen LogP contribution in [-0.2, 0) is 5.33 Å². The third-order valence-corrected chi connectivity index (χ3v) is 2.68. The molecule has 1 aromatic rings. The number of aromatic nitrogens is 1. The van der Waals surface area contributed by atoms with Crippen LogP contribution in [0.2, 0.25) is 0 Å². The highest BCUT2D eigenvalue weighted by Crippen LogP contribution is 2.30. The van der Waals surface area contributed by atoms with Crippen LogP contribution in [0.5, 0.6) is 5.75 Å². The van der Waals surface area contributed by atoms with Gasteiger partial charge in [-0.05, 0) is 30.9 Å². The molecule has 0 aliphatic heterocycles. The first-order chi connectivity index (χ1) is 6.40. The third kappa shape index (κ3) is 2.44. The van der Waals surface area contributed by atoms with Crippen LogP contribution in [0.3, 0.4) is 0 Å². The Morgan fingerprint density at radius 2 is 2.38 bits per heavy atom. The number of hydrogen-bond donors (Lipinski definition) is 0. The van der Waals surface area contributed by atoms with Crippen molar-refractivity contribution < 1.29 is 4.74 Å². The van der Waals surface area contributed by atoms with Gasteiger partial charge in [0.15, 0.2) is 0 Å². The largest absolute Gasteiger partial charge is 0.491 e. The van der Waals surface area contributed by atoms with Crippen molar-refractivity contribution in [3.63, 3.8) is 0 Å². The van der Waals surface area contributed by atoms with E-state index >= 15 is 0 Å². The lowest BCUT2D eigenvalue weighted by molar-refractivity contribution is 0.296. The molecule has 1 aliphatic carbocycles. The zero-order valence-electron chi connectivity index (χ0n) is 7.37. The first-order valence-electron chi connectivity index (χ1n) is 4.53. The van der Waals surface area contributed by atoms with Crippen molar-refractivity contribution in [2.75, 3.05) is 6.61 Å². The van der Waals surface area contributed by atoms with Crippen molar-refractivity contribution in [2.45, 2.75) is 18.2 Å². The van der Waals surface area contributed by atoms with Gasteiger partial charge in [-0.2, -0.15) is 0 Å². The van der Waals surface area contributed by atoms with Gasteiger partial charge in [-0.15, -0.1) is 0 Å². The molecule has 0 N–H and O–H groups in total. The highest BCUT2D eigenvalue weighted by molar-refractivity contribution is 9.08. The second-order valence-corrected chi connectivity index (χ2v) is 3.90. The molecular weight excluding hydrogens is 230 g/mol. The van der Waals surface area contributed by atoms with Crippen molar-refractivity contribution in [1.29, 1.82) is 0 Å². The quantitative estimate of drug-likeness (QED) is 0.757. The van der Waals surface area contributed by atoms with Gasteiger partial charge >= 0.3 is 0 Å². The van der Waals surface area contributed by atoms with Crippen LogP contribution in [0.1, 0.15) is 18.5 Å². The van der Waals surface area contributed by atoms with E-state index in [2.05, 4.69) is 20.9 Å². The minimum atomic E-state index is 0.758. The molecule has 2 nitrogen and oxygen atoms in total. The minimum Gasteiger partial charge on any atom is -0.491 e. The van der Waals surface area contributed by atoms with Crippen LogP contribution in [0.25, 0.3) is 0 Å². The zero-order chi connectivity index (χ0) is 9.10. The molecule has 13 heavy (non-hydrogen) atoms. The maximum Gasteiger partial charge on any atom is 0.141 e. The number of hydrogen-bond acceptors (Lipinski definition) is 2. The lowest BCUT2D eigenvalue weighted by Crippen LogP contribution is -2.01. The molecule has 0 radical (unpaired) electrons. The predicted octanol–water partition coefficient (Wildman–Crippen LogP) is 2.77. The second kappa shape index (κ2) is 4.09. The van der Waals surface area contributed by atoms with Crippen molar-refractivity contribution in [3.8, 4) is 5.75 Å². The van der Waals surface area contributed by atoms with E-state index in [1.807, 2.05) is 12.1 Å². The second-order valence-electron chi connectivity index (χ2n) is 3.34. The molecule has 1 aromatic heterocycles. The first kappa shape index (κ1) is 9.00. The fourth-order valence-electron chi connectivity index (χ4n) is 1.15. The molecular formula is C10H12BrNO. The minimum absolute atomic E-state index is 0.758. The lowest BCUT2D eigenvalue weighted by Gasteiger charge is -2.07. The van der Waals surface area contributed by atoms with E-state index in [9.17, 15) is 0 Å². The van der Waals surface area contributed by atoms with Crippen molar-refractivity contribution in [2.24, 2.45) is 5.92 Å². The summed E-state index contributed by atoms with van der Waals surface area (Å²) in [5.74, 6) is 1.72. The Kier molecular flexibility index (Phi) is 2.83. The van der Waals surface area contributed by atoms with Gasteiger partial charge < -0.3 is 4.74 Å². The Labute approximate surface area is 86.5 Å². The molecule has 1 aliphatic rings. The van der Waals surface area contributed by atoms with Crippen LogP contribution in [0.15, 0.2) is 18.3 Å². The summed E-state index contributed by atoms with van der Waals surface area (Å²) < 4.78 is 5.66. The van der Waals surface area contributed by atoms with Gasteiger partial charge in [-0.3, -0.25) is 4.98 Å². The monoisotopic (exact) mass is 241 g/mol. The van der Waals surface area contributed by atoms with Gasteiger partial charge in [0.1, 0.15) is 5.75 Å². The maximum absolute atomic E-state index is 5.66. The summed E-state index contributed by atoms with van der Waals surface area (Å²) in [6, 6.07) is 3.89. The molecule has 0 saturated heterocycles. The summed E-state index contributed by atoms with van der Waals surface area (Å²) in [6.45, 7) is 0.853. The van der Waals surface area contributed by atoms with Gasteiger partial charge in [0, 0.05) is 11.5 Å². The summed E-state index contributed by atoms with van der Waals surface area (Å²) in [5, 5.41) is 0.758. The fraction of sp³-hybridized carbons (Fsp3) is 0.500. The molecule has 0 aromatic carbocycles. The summed E-state index contributed by atoms with van der Waals surface area (Å²) in [5.41, 5.74) is 0.989. The SMILES string of the molecule is BrCc1ncccc1OCC1CC1. The van der Waals surface area contributed by atoms with Crippen LogP contribution >= 0.6 is 15.9 Å². The Balaban J connectivity index is 1.99. The Morgan fingerprint density at radius 1 is 1.54 bits per heavy atom. The highest BCUT2D eigenvalue weighted by Gasteiger charge is 2.22. The molecule has 0 bridgehead atoms. The predicted molar refractivity (Wildman–Crippen MR) is 55.1 cm³/mol. The topological polar surface area (TPSA) is 22.1 Å². The summed E-state index contributed by atoms with van der Waals surface area (Å²) in [4.78, 5) is 4.22. The van der Waals surface area contributed by atoms with Crippen LogP contribution in [0.4, 0.5) is 0 Å². The lowest BCUT2D eigenvalue weighted by atomic mass is 10.3. The van der Waals surface area contributed by atoms with Gasteiger partial charge in [0.2, 0.25) is 0 Å². The fourth-order valence-corrected chi connectivity index (χ4v) is 1.57. The average Bonchev–Trinajstić information content (AvgIpc) is 2.99.